The van der Waals surface area contributed by atoms with E-state index in [9.17, 15) is 4.79 Å². The fourth-order valence-corrected chi connectivity index (χ4v) is 7.04. The Labute approximate surface area is 341 Å². The molecule has 1 aromatic heterocycles. The number of carbonyl (C=O) groups is 1. The zero-order valence-electron chi connectivity index (χ0n) is 36.0. The number of hydrogen-bond acceptors (Lipinski definition) is 6. The molecule has 0 aliphatic heterocycles. The van der Waals surface area contributed by atoms with Crippen LogP contribution in [0.3, 0.4) is 0 Å². The Morgan fingerprint density at radius 3 is 1.34 bits per heavy atom. The second-order valence-electron chi connectivity index (χ2n) is 15.7. The highest BCUT2D eigenvalue weighted by Crippen LogP contribution is 2.35. The van der Waals surface area contributed by atoms with Crippen LogP contribution in [0.2, 0.25) is 0 Å². The lowest BCUT2D eigenvalue weighted by molar-refractivity contribution is 0.0991. The van der Waals surface area contributed by atoms with Gasteiger partial charge in [0.2, 0.25) is 0 Å². The normalized spacial score (nSPS) is 11.2. The zero-order valence-corrected chi connectivity index (χ0v) is 36.0. The van der Waals surface area contributed by atoms with E-state index < -0.39 is 0 Å². The molecule has 7 heteroatoms. The molecule has 7 nitrogen and oxygen atoms in total. The number of carbonyl (C=O) groups excluding carboxylic acids is 1. The number of aromatic nitrogens is 2. The fraction of sp³-hybridized carbons (Fsp3) is 0.673. The van der Waals surface area contributed by atoms with E-state index in [1.807, 2.05) is 24.3 Å². The Hall–Kier alpha value is -3.48. The second-order valence-corrected chi connectivity index (χ2v) is 15.7. The molecule has 2 aromatic carbocycles. The molecular formula is C49H78N2O5. The summed E-state index contributed by atoms with van der Waals surface area (Å²) < 4.78 is 25.2. The summed E-state index contributed by atoms with van der Waals surface area (Å²) >= 11 is 0. The number of ether oxygens (including phenoxy) is 4. The number of benzene rings is 2. The molecule has 0 fully saturated rings. The van der Waals surface area contributed by atoms with Gasteiger partial charge in [0.15, 0.2) is 28.8 Å². The van der Waals surface area contributed by atoms with Crippen LogP contribution >= 0.6 is 0 Å². The molecule has 3 aromatic rings. The van der Waals surface area contributed by atoms with Crippen LogP contribution in [-0.2, 0) is 6.42 Å². The van der Waals surface area contributed by atoms with Crippen molar-refractivity contribution in [3.8, 4) is 34.1 Å². The molecule has 1 heterocycles. The molecule has 0 bridgehead atoms. The van der Waals surface area contributed by atoms with Crippen LogP contribution in [0, 0.1) is 0 Å². The van der Waals surface area contributed by atoms with E-state index in [0.717, 1.165) is 66.2 Å². The monoisotopic (exact) mass is 775 g/mol. The van der Waals surface area contributed by atoms with Crippen LogP contribution in [0.1, 0.15) is 198 Å². The molecule has 0 saturated heterocycles. The van der Waals surface area contributed by atoms with Gasteiger partial charge in [0.1, 0.15) is 0 Å². The molecule has 0 spiro atoms. The predicted molar refractivity (Wildman–Crippen MR) is 234 cm³/mol. The Kier molecular flexibility index (Phi) is 25.7. The molecule has 1 N–H and O–H groups in total. The molecule has 0 atom stereocenters. The minimum atomic E-state index is 0.000765. The average Bonchev–Trinajstić information content (AvgIpc) is 3.68. The summed E-state index contributed by atoms with van der Waals surface area (Å²) in [7, 11) is 0. The summed E-state index contributed by atoms with van der Waals surface area (Å²) in [6.07, 6.45) is 31.0. The van der Waals surface area contributed by atoms with Gasteiger partial charge in [-0.3, -0.25) is 9.89 Å². The van der Waals surface area contributed by atoms with Gasteiger partial charge in [0, 0.05) is 11.1 Å². The Bertz CT molecular complexity index is 1440. The molecule has 0 radical (unpaired) electrons. The Morgan fingerprint density at radius 2 is 0.875 bits per heavy atom. The summed E-state index contributed by atoms with van der Waals surface area (Å²) in [6, 6.07) is 11.8. The smallest absolute Gasteiger partial charge is 0.168 e. The van der Waals surface area contributed by atoms with E-state index >= 15 is 0 Å². The van der Waals surface area contributed by atoms with Crippen molar-refractivity contribution in [1.82, 2.24) is 10.2 Å². The van der Waals surface area contributed by atoms with E-state index in [1.165, 1.54) is 122 Å². The van der Waals surface area contributed by atoms with Gasteiger partial charge < -0.3 is 18.9 Å². The van der Waals surface area contributed by atoms with Crippen molar-refractivity contribution >= 4 is 5.78 Å². The predicted octanol–water partition coefficient (Wildman–Crippen LogP) is 14.5. The van der Waals surface area contributed by atoms with Crippen molar-refractivity contribution in [2.75, 3.05) is 26.4 Å². The third-order valence-electron chi connectivity index (χ3n) is 10.6. The first-order valence-electron chi connectivity index (χ1n) is 23.0. The summed E-state index contributed by atoms with van der Waals surface area (Å²) in [4.78, 5) is 13.9. The van der Waals surface area contributed by atoms with Gasteiger partial charge in [-0.25, -0.2) is 0 Å². The number of aromatic amines is 1. The topological polar surface area (TPSA) is 82.7 Å². The van der Waals surface area contributed by atoms with Crippen LogP contribution in [0.4, 0.5) is 0 Å². The quantitative estimate of drug-likeness (QED) is 0.0468. The zero-order chi connectivity index (χ0) is 39.9. The maximum absolute atomic E-state index is 13.9. The van der Waals surface area contributed by atoms with E-state index in [-0.39, 0.29) is 12.2 Å². The summed E-state index contributed by atoms with van der Waals surface area (Å²) in [5.41, 5.74) is 3.23. The van der Waals surface area contributed by atoms with Crippen molar-refractivity contribution in [3.63, 3.8) is 0 Å². The third-order valence-corrected chi connectivity index (χ3v) is 10.6. The number of ketones is 1. The number of unbranched alkanes of at least 4 members (excludes halogenated alkanes) is 20. The highest BCUT2D eigenvalue weighted by molar-refractivity contribution is 5.98. The summed E-state index contributed by atoms with van der Waals surface area (Å²) in [6.45, 7) is 11.6. The van der Waals surface area contributed by atoms with Gasteiger partial charge in [-0.15, -0.1) is 0 Å². The minimum absolute atomic E-state index is 0.000765. The van der Waals surface area contributed by atoms with Crippen molar-refractivity contribution in [2.24, 2.45) is 0 Å². The standard InChI is InChI=1S/C49H78N2O5/c1-5-9-13-17-21-25-33-53-46-31-29-41(37-48(46)55-35-27-23-19-15-11-7-3)43-40-50-51-44(43)39-45(52)42-30-32-47(54-34-26-22-18-14-10-6-2)49(38-42)56-36-28-24-20-16-12-8-4/h29-32,37-38,40H,5-28,33-36,39H2,1-4H3,(H,50,51). The third kappa shape index (κ3) is 19.1. The van der Waals surface area contributed by atoms with E-state index in [2.05, 4.69) is 50.0 Å². The minimum Gasteiger partial charge on any atom is -0.490 e. The second kappa shape index (κ2) is 30.6. The van der Waals surface area contributed by atoms with Crippen molar-refractivity contribution in [1.29, 1.82) is 0 Å². The lowest BCUT2D eigenvalue weighted by atomic mass is 10.00. The van der Waals surface area contributed by atoms with Gasteiger partial charge in [0.05, 0.1) is 44.7 Å². The molecule has 3 rings (SSSR count). The number of H-pyrrole nitrogens is 1. The number of rotatable bonds is 36. The van der Waals surface area contributed by atoms with Crippen LogP contribution in [0.5, 0.6) is 23.0 Å². The van der Waals surface area contributed by atoms with Crippen LogP contribution < -0.4 is 18.9 Å². The molecule has 314 valence electrons. The SMILES string of the molecule is CCCCCCCCOc1ccc(C(=O)Cc2[nH]ncc2-c2ccc(OCCCCCCCC)c(OCCCCCCCC)c2)cc1OCCCCCCCC. The first kappa shape index (κ1) is 46.9. The number of hydrogen-bond donors (Lipinski definition) is 1. The van der Waals surface area contributed by atoms with Crippen LogP contribution in [0.15, 0.2) is 42.6 Å². The van der Waals surface area contributed by atoms with Gasteiger partial charge in [-0.05, 0) is 61.6 Å². The lowest BCUT2D eigenvalue weighted by Gasteiger charge is -2.15. The molecule has 56 heavy (non-hydrogen) atoms. The largest absolute Gasteiger partial charge is 0.490 e. The Morgan fingerprint density at radius 1 is 0.482 bits per heavy atom. The fourth-order valence-electron chi connectivity index (χ4n) is 7.04. The molecular weight excluding hydrogens is 697 g/mol. The van der Waals surface area contributed by atoms with E-state index in [4.69, 9.17) is 18.9 Å². The number of Topliss-reactive ketones (excluding diaryl/α,β-unsaturated/α-hetero) is 1. The maximum atomic E-state index is 13.9. The first-order chi connectivity index (χ1) is 27.6. The highest BCUT2D eigenvalue weighted by Gasteiger charge is 2.18. The van der Waals surface area contributed by atoms with Gasteiger partial charge in [-0.2, -0.15) is 5.10 Å². The Balaban J connectivity index is 1.70. The molecule has 0 aliphatic carbocycles. The van der Waals surface area contributed by atoms with Crippen molar-refractivity contribution in [3.05, 3.63) is 53.9 Å². The maximum Gasteiger partial charge on any atom is 0.168 e. The summed E-state index contributed by atoms with van der Waals surface area (Å²) in [5.74, 6) is 2.91. The van der Waals surface area contributed by atoms with E-state index in [0.29, 0.717) is 37.7 Å². The van der Waals surface area contributed by atoms with Crippen LogP contribution in [-0.4, -0.2) is 42.4 Å². The van der Waals surface area contributed by atoms with Crippen molar-refractivity contribution in [2.45, 2.75) is 188 Å². The van der Waals surface area contributed by atoms with Gasteiger partial charge >= 0.3 is 0 Å². The van der Waals surface area contributed by atoms with Gasteiger partial charge in [-0.1, -0.05) is 162 Å². The van der Waals surface area contributed by atoms with Crippen LogP contribution in [0.25, 0.3) is 11.1 Å². The molecule has 0 amide bonds. The number of nitrogens with zero attached hydrogens (tertiary/aromatic N) is 1. The molecule has 0 aliphatic rings. The molecule has 0 saturated carbocycles. The summed E-state index contributed by atoms with van der Waals surface area (Å²) in [5, 5.41) is 7.50. The van der Waals surface area contributed by atoms with E-state index in [1.54, 1.807) is 6.20 Å². The average molecular weight is 775 g/mol. The first-order valence-corrected chi connectivity index (χ1v) is 23.0. The lowest BCUT2D eigenvalue weighted by Crippen LogP contribution is -2.08. The number of nitrogens with one attached hydrogen (secondary N) is 1. The highest BCUT2D eigenvalue weighted by atomic mass is 16.5. The van der Waals surface area contributed by atoms with Crippen molar-refractivity contribution < 1.29 is 23.7 Å². The molecule has 0 unspecified atom stereocenters. The van der Waals surface area contributed by atoms with Gasteiger partial charge in [0.25, 0.3) is 0 Å².